The van der Waals surface area contributed by atoms with Crippen LogP contribution in [0.15, 0.2) is 6.20 Å². The molecule has 4 aliphatic rings. The summed E-state index contributed by atoms with van der Waals surface area (Å²) in [6.07, 6.45) is 3.08. The molecule has 264 valence electrons. The van der Waals surface area contributed by atoms with Crippen LogP contribution in [0.3, 0.4) is 0 Å². The van der Waals surface area contributed by atoms with E-state index in [0.29, 0.717) is 41.8 Å². The van der Waals surface area contributed by atoms with E-state index < -0.39 is 23.5 Å². The van der Waals surface area contributed by atoms with Crippen molar-refractivity contribution in [3.05, 3.63) is 34.5 Å². The highest BCUT2D eigenvalue weighted by Gasteiger charge is 2.45. The standard InChI is InChI=1S/C34H36F4N8O3S/c1-44-7-5-34(37,38)17(11-44)14-49-33-42-29-26(32(43-33)46-18-3-4-19(46)13-45(12-18)6-2-8-47)22-16-48-15-21(22)24(27(29)36)28-25-20(9-39)31(40)50-30(25)23(35)10-41-28/h10,17-19,47H,2-8,11-16,40H2,1H3. The second-order valence-electron chi connectivity index (χ2n) is 13.7. The summed E-state index contributed by atoms with van der Waals surface area (Å²) in [5.74, 6) is -5.09. The molecule has 0 spiro atoms. The number of benzene rings is 1. The number of fused-ring (bicyclic) bond motifs is 6. The summed E-state index contributed by atoms with van der Waals surface area (Å²) in [4.78, 5) is 20.0. The molecule has 0 saturated carbocycles. The monoisotopic (exact) mass is 712 g/mol. The van der Waals surface area contributed by atoms with E-state index in [-0.39, 0.29) is 101 Å². The second kappa shape index (κ2) is 12.7. The van der Waals surface area contributed by atoms with Crippen LogP contribution in [-0.4, -0.2) is 101 Å². The van der Waals surface area contributed by atoms with Gasteiger partial charge in [-0.15, -0.1) is 11.3 Å². The van der Waals surface area contributed by atoms with Crippen molar-refractivity contribution in [2.75, 3.05) is 63.6 Å². The molecule has 0 amide bonds. The lowest BCUT2D eigenvalue weighted by molar-refractivity contribution is -0.113. The van der Waals surface area contributed by atoms with Crippen LogP contribution >= 0.6 is 11.3 Å². The first-order valence-corrected chi connectivity index (χ1v) is 17.6. The van der Waals surface area contributed by atoms with Crippen molar-refractivity contribution >= 4 is 43.1 Å². The van der Waals surface area contributed by atoms with Crippen molar-refractivity contribution < 1.29 is 32.1 Å². The highest BCUT2D eigenvalue weighted by molar-refractivity contribution is 7.23. The molecule has 3 aromatic heterocycles. The average Bonchev–Trinajstić information content (AvgIpc) is 3.78. The van der Waals surface area contributed by atoms with E-state index in [1.807, 2.05) is 11.0 Å². The second-order valence-corrected chi connectivity index (χ2v) is 14.8. The maximum absolute atomic E-state index is 17.4. The molecular weight excluding hydrogens is 676 g/mol. The molecule has 0 radical (unpaired) electrons. The van der Waals surface area contributed by atoms with E-state index in [1.54, 1.807) is 7.05 Å². The lowest BCUT2D eigenvalue weighted by Crippen LogP contribution is -2.54. The van der Waals surface area contributed by atoms with Gasteiger partial charge in [-0.2, -0.15) is 15.2 Å². The quantitative estimate of drug-likeness (QED) is 0.247. The van der Waals surface area contributed by atoms with E-state index >= 15 is 4.39 Å². The Morgan fingerprint density at radius 2 is 1.90 bits per heavy atom. The highest BCUT2D eigenvalue weighted by Crippen LogP contribution is 2.48. The molecule has 3 N–H and O–H groups in total. The fourth-order valence-corrected chi connectivity index (χ4v) is 9.11. The molecule has 3 fully saturated rings. The minimum Gasteiger partial charge on any atom is -0.463 e. The van der Waals surface area contributed by atoms with Crippen molar-refractivity contribution in [2.24, 2.45) is 5.92 Å². The van der Waals surface area contributed by atoms with Crippen molar-refractivity contribution in [1.29, 1.82) is 5.26 Å². The SMILES string of the molecule is CN1CCC(F)(F)C(COc2nc(N3C4CCC3CN(CCCO)C4)c3c4c(c(-c5ncc(F)c6sc(N)c(C#N)c56)c(F)c3n2)COC4)C1. The number of anilines is 2. The highest BCUT2D eigenvalue weighted by atomic mass is 32.1. The Labute approximate surface area is 289 Å². The van der Waals surface area contributed by atoms with Crippen LogP contribution in [-0.2, 0) is 18.0 Å². The van der Waals surface area contributed by atoms with Crippen LogP contribution in [0.2, 0.25) is 0 Å². The van der Waals surface area contributed by atoms with Gasteiger partial charge < -0.3 is 30.1 Å². The lowest BCUT2D eigenvalue weighted by atomic mass is 9.93. The number of rotatable bonds is 8. The molecule has 1 aromatic carbocycles. The minimum absolute atomic E-state index is 0.000540. The van der Waals surface area contributed by atoms with Crippen LogP contribution in [0.5, 0.6) is 6.01 Å². The number of alkyl halides is 2. The topological polar surface area (TPSA) is 137 Å². The third-order valence-corrected chi connectivity index (χ3v) is 11.6. The maximum atomic E-state index is 17.4. The maximum Gasteiger partial charge on any atom is 0.319 e. The molecule has 4 aromatic rings. The number of aromatic nitrogens is 3. The molecule has 7 heterocycles. The Morgan fingerprint density at radius 3 is 2.64 bits per heavy atom. The fourth-order valence-electron chi connectivity index (χ4n) is 8.19. The fraction of sp³-hybridized carbons (Fsp3) is 0.529. The van der Waals surface area contributed by atoms with Gasteiger partial charge in [0.05, 0.1) is 46.7 Å². The zero-order chi connectivity index (χ0) is 34.9. The third kappa shape index (κ3) is 5.41. The molecule has 8 rings (SSSR count). The van der Waals surface area contributed by atoms with Crippen molar-refractivity contribution in [3.63, 3.8) is 0 Å². The number of piperidine rings is 1. The molecule has 2 bridgehead atoms. The Bertz CT molecular complexity index is 2030. The van der Waals surface area contributed by atoms with Gasteiger partial charge in [0, 0.05) is 68.8 Å². The first-order valence-electron chi connectivity index (χ1n) is 16.8. The predicted octanol–water partition coefficient (Wildman–Crippen LogP) is 4.67. The number of nitrogens with two attached hydrogens (primary N) is 1. The van der Waals surface area contributed by atoms with E-state index in [2.05, 4.69) is 19.8 Å². The number of aliphatic hydroxyl groups is 1. The van der Waals surface area contributed by atoms with Crippen molar-refractivity contribution in [1.82, 2.24) is 24.8 Å². The smallest absolute Gasteiger partial charge is 0.319 e. The third-order valence-electron chi connectivity index (χ3n) is 10.6. The summed E-state index contributed by atoms with van der Waals surface area (Å²) in [6, 6.07) is 1.85. The molecule has 11 nitrogen and oxygen atoms in total. The Kier molecular flexibility index (Phi) is 8.46. The molecule has 50 heavy (non-hydrogen) atoms. The largest absolute Gasteiger partial charge is 0.463 e. The number of likely N-dealkylation sites (tertiary alicyclic amines) is 2. The zero-order valence-electron chi connectivity index (χ0n) is 27.4. The van der Waals surface area contributed by atoms with Gasteiger partial charge in [-0.25, -0.2) is 17.6 Å². The van der Waals surface area contributed by atoms with Gasteiger partial charge in [0.25, 0.3) is 5.92 Å². The molecule has 4 aliphatic heterocycles. The van der Waals surface area contributed by atoms with E-state index in [9.17, 15) is 23.5 Å². The molecule has 16 heteroatoms. The van der Waals surface area contributed by atoms with Crippen molar-refractivity contribution in [3.8, 4) is 23.3 Å². The van der Waals surface area contributed by atoms with Crippen molar-refractivity contribution in [2.45, 2.75) is 56.9 Å². The van der Waals surface area contributed by atoms with Crippen LogP contribution < -0.4 is 15.4 Å². The number of aliphatic hydroxyl groups excluding tert-OH is 1. The zero-order valence-corrected chi connectivity index (χ0v) is 28.2. The molecule has 3 saturated heterocycles. The van der Waals surface area contributed by atoms with E-state index in [4.69, 9.17) is 20.2 Å². The lowest BCUT2D eigenvalue weighted by Gasteiger charge is -2.42. The predicted molar refractivity (Wildman–Crippen MR) is 179 cm³/mol. The van der Waals surface area contributed by atoms with Gasteiger partial charge in [-0.3, -0.25) is 9.88 Å². The number of halogens is 4. The molecule has 3 unspecified atom stereocenters. The number of hydrogen-bond acceptors (Lipinski definition) is 12. The number of ether oxygens (including phenoxy) is 2. The number of nitriles is 1. The van der Waals surface area contributed by atoms with E-state index in [1.165, 1.54) is 0 Å². The van der Waals surface area contributed by atoms with Crippen LogP contribution in [0.1, 0.15) is 42.4 Å². The summed E-state index contributed by atoms with van der Waals surface area (Å²) in [5, 5.41) is 20.0. The summed E-state index contributed by atoms with van der Waals surface area (Å²) in [7, 11) is 1.78. The summed E-state index contributed by atoms with van der Waals surface area (Å²) in [5.41, 5.74) is 7.18. The number of nitrogens with zero attached hydrogens (tertiary/aromatic N) is 7. The molecule has 3 atom stereocenters. The number of pyridine rings is 1. The van der Waals surface area contributed by atoms with Gasteiger partial charge >= 0.3 is 6.01 Å². The first-order chi connectivity index (χ1) is 24.1. The Hall–Kier alpha value is -3.88. The average molecular weight is 713 g/mol. The molecular formula is C34H36F4N8O3S. The summed E-state index contributed by atoms with van der Waals surface area (Å²) < 4.78 is 74.3. The number of hydrogen-bond donors (Lipinski definition) is 2. The van der Waals surface area contributed by atoms with Crippen LogP contribution in [0.25, 0.3) is 32.2 Å². The Morgan fingerprint density at radius 1 is 1.14 bits per heavy atom. The number of thiophene rings is 1. The normalized spacial score (nSPS) is 23.5. The van der Waals surface area contributed by atoms with Crippen LogP contribution in [0, 0.1) is 28.9 Å². The van der Waals surface area contributed by atoms with Gasteiger partial charge in [0.1, 0.15) is 29.0 Å². The van der Waals surface area contributed by atoms with Crippen LogP contribution in [0.4, 0.5) is 28.4 Å². The minimum atomic E-state index is -2.95. The van der Waals surface area contributed by atoms with Gasteiger partial charge in [-0.1, -0.05) is 0 Å². The number of nitrogen functional groups attached to an aromatic ring is 1. The van der Waals surface area contributed by atoms with Gasteiger partial charge in [-0.05, 0) is 37.4 Å². The summed E-state index contributed by atoms with van der Waals surface area (Å²) >= 11 is 0.889. The first kappa shape index (κ1) is 33.3. The summed E-state index contributed by atoms with van der Waals surface area (Å²) in [6.45, 7) is 2.44. The van der Waals surface area contributed by atoms with Gasteiger partial charge in [0.15, 0.2) is 11.6 Å². The Balaban J connectivity index is 1.31. The number of piperazine rings is 1. The van der Waals surface area contributed by atoms with E-state index in [0.717, 1.165) is 36.9 Å². The van der Waals surface area contributed by atoms with Gasteiger partial charge in [0.2, 0.25) is 0 Å². The molecule has 0 aliphatic carbocycles.